The van der Waals surface area contributed by atoms with E-state index in [-0.39, 0.29) is 0 Å². The zero-order valence-corrected chi connectivity index (χ0v) is 15.9. The predicted octanol–water partition coefficient (Wildman–Crippen LogP) is 5.27. The minimum Gasteiger partial charge on any atom is -0.475 e. The highest BCUT2D eigenvalue weighted by atomic mass is 16.5. The fourth-order valence-corrected chi connectivity index (χ4v) is 2.74. The first-order chi connectivity index (χ1) is 14.3. The van der Waals surface area contributed by atoms with Crippen LogP contribution < -0.4 is 14.9 Å². The second-order valence-corrected chi connectivity index (χ2v) is 6.16. The topological polar surface area (TPSA) is 68.6 Å². The Hall–Kier alpha value is -3.93. The summed E-state index contributed by atoms with van der Waals surface area (Å²) in [6.07, 6.45) is 1.70. The average molecular weight is 384 g/mol. The molecule has 0 bridgehead atoms. The molecule has 0 fully saturated rings. The van der Waals surface area contributed by atoms with E-state index in [0.717, 1.165) is 28.1 Å². The van der Waals surface area contributed by atoms with Crippen molar-refractivity contribution < 1.29 is 9.47 Å². The summed E-state index contributed by atoms with van der Waals surface area (Å²) in [7, 11) is 0. The number of anilines is 1. The van der Waals surface area contributed by atoms with Crippen molar-refractivity contribution in [2.24, 2.45) is 5.10 Å². The monoisotopic (exact) mass is 384 g/mol. The molecule has 1 aromatic heterocycles. The highest BCUT2D eigenvalue weighted by Crippen LogP contribution is 2.24. The SMILES string of the molecule is CCOc1nc2ccccc2nc1N/N=C\c1cccc(Oc2ccccc2)c1. The molecule has 0 radical (unpaired) electrons. The number of hydrogen-bond donors (Lipinski definition) is 1. The number of hydrazone groups is 1. The molecule has 4 aromatic rings. The average Bonchev–Trinajstić information content (AvgIpc) is 2.75. The van der Waals surface area contributed by atoms with E-state index in [1.54, 1.807) is 6.21 Å². The largest absolute Gasteiger partial charge is 0.475 e. The quantitative estimate of drug-likeness (QED) is 0.347. The number of benzene rings is 3. The van der Waals surface area contributed by atoms with Gasteiger partial charge in [-0.25, -0.2) is 9.97 Å². The third-order valence-electron chi connectivity index (χ3n) is 4.04. The van der Waals surface area contributed by atoms with Crippen LogP contribution in [0.1, 0.15) is 12.5 Å². The van der Waals surface area contributed by atoms with Gasteiger partial charge in [0, 0.05) is 0 Å². The lowest BCUT2D eigenvalue weighted by Gasteiger charge is -2.09. The van der Waals surface area contributed by atoms with Gasteiger partial charge < -0.3 is 9.47 Å². The Morgan fingerprint density at radius 2 is 1.59 bits per heavy atom. The maximum atomic E-state index is 5.86. The number of ether oxygens (including phenoxy) is 2. The second kappa shape index (κ2) is 8.84. The molecule has 0 saturated heterocycles. The molecule has 3 aromatic carbocycles. The van der Waals surface area contributed by atoms with E-state index in [1.165, 1.54) is 0 Å². The van der Waals surface area contributed by atoms with E-state index < -0.39 is 0 Å². The van der Waals surface area contributed by atoms with Crippen LogP contribution in [-0.2, 0) is 0 Å². The summed E-state index contributed by atoms with van der Waals surface area (Å²) in [6.45, 7) is 2.40. The number of fused-ring (bicyclic) bond motifs is 1. The summed E-state index contributed by atoms with van der Waals surface area (Å²) in [6, 6.07) is 25.0. The Balaban J connectivity index is 1.51. The van der Waals surface area contributed by atoms with Crippen molar-refractivity contribution in [3.05, 3.63) is 84.4 Å². The first-order valence-corrected chi connectivity index (χ1v) is 9.33. The Morgan fingerprint density at radius 1 is 0.862 bits per heavy atom. The van der Waals surface area contributed by atoms with Crippen LogP contribution in [0.2, 0.25) is 0 Å². The summed E-state index contributed by atoms with van der Waals surface area (Å²) >= 11 is 0. The molecule has 0 aliphatic heterocycles. The van der Waals surface area contributed by atoms with Gasteiger partial charge in [-0.05, 0) is 48.9 Å². The zero-order valence-electron chi connectivity index (χ0n) is 15.9. The molecule has 4 rings (SSSR count). The maximum absolute atomic E-state index is 5.86. The van der Waals surface area contributed by atoms with E-state index in [0.29, 0.717) is 18.3 Å². The van der Waals surface area contributed by atoms with Gasteiger partial charge >= 0.3 is 0 Å². The molecule has 144 valence electrons. The molecule has 1 N–H and O–H groups in total. The highest BCUT2D eigenvalue weighted by Gasteiger charge is 2.09. The van der Waals surface area contributed by atoms with Crippen LogP contribution in [0.5, 0.6) is 17.4 Å². The van der Waals surface area contributed by atoms with Gasteiger partial charge in [-0.1, -0.05) is 42.5 Å². The minimum absolute atomic E-state index is 0.421. The molecule has 0 spiro atoms. The Morgan fingerprint density at radius 3 is 2.38 bits per heavy atom. The molecule has 6 heteroatoms. The summed E-state index contributed by atoms with van der Waals surface area (Å²) in [5.74, 6) is 2.41. The standard InChI is InChI=1S/C23H20N4O2/c1-2-28-23-22(25-20-13-6-7-14-21(20)26-23)27-24-16-17-9-8-12-19(15-17)29-18-10-4-3-5-11-18/h3-16H,2H2,1H3,(H,25,27)/b24-16-. The van der Waals surface area contributed by atoms with Crippen molar-refractivity contribution in [3.63, 3.8) is 0 Å². The van der Waals surface area contributed by atoms with Crippen LogP contribution in [0.15, 0.2) is 84.0 Å². The van der Waals surface area contributed by atoms with Gasteiger partial charge in [-0.15, -0.1) is 0 Å². The summed E-state index contributed by atoms with van der Waals surface area (Å²) in [4.78, 5) is 9.07. The molecule has 0 unspecified atom stereocenters. The van der Waals surface area contributed by atoms with Crippen LogP contribution in [0, 0.1) is 0 Å². The van der Waals surface area contributed by atoms with Crippen molar-refractivity contribution in [2.45, 2.75) is 6.92 Å². The van der Waals surface area contributed by atoms with Gasteiger partial charge in [0.2, 0.25) is 5.82 Å². The van der Waals surface area contributed by atoms with Gasteiger partial charge in [0.25, 0.3) is 5.88 Å². The minimum atomic E-state index is 0.421. The second-order valence-electron chi connectivity index (χ2n) is 6.16. The van der Waals surface area contributed by atoms with Gasteiger partial charge in [-0.3, -0.25) is 5.43 Å². The van der Waals surface area contributed by atoms with Crippen LogP contribution in [0.3, 0.4) is 0 Å². The summed E-state index contributed by atoms with van der Waals surface area (Å²) in [5, 5.41) is 4.30. The van der Waals surface area contributed by atoms with Gasteiger partial charge in [0.1, 0.15) is 11.5 Å². The van der Waals surface area contributed by atoms with Crippen molar-refractivity contribution in [1.29, 1.82) is 0 Å². The molecule has 0 aliphatic rings. The third kappa shape index (κ3) is 4.68. The van der Waals surface area contributed by atoms with Crippen molar-refractivity contribution in [2.75, 3.05) is 12.0 Å². The predicted molar refractivity (Wildman–Crippen MR) is 115 cm³/mol. The molecular formula is C23H20N4O2. The normalized spacial score (nSPS) is 10.9. The molecule has 29 heavy (non-hydrogen) atoms. The van der Waals surface area contributed by atoms with E-state index in [9.17, 15) is 0 Å². The first-order valence-electron chi connectivity index (χ1n) is 9.33. The summed E-state index contributed by atoms with van der Waals surface area (Å²) in [5.41, 5.74) is 5.37. The van der Waals surface area contributed by atoms with Crippen molar-refractivity contribution in [1.82, 2.24) is 9.97 Å². The Kier molecular flexibility index (Phi) is 5.62. The van der Waals surface area contributed by atoms with Crippen molar-refractivity contribution >= 4 is 23.1 Å². The molecule has 1 heterocycles. The first kappa shape index (κ1) is 18.4. The molecule has 0 amide bonds. The molecule has 0 aliphatic carbocycles. The molecule has 0 saturated carbocycles. The van der Waals surface area contributed by atoms with Crippen LogP contribution >= 0.6 is 0 Å². The third-order valence-corrected chi connectivity index (χ3v) is 4.04. The van der Waals surface area contributed by atoms with Gasteiger partial charge in [0.05, 0.1) is 23.9 Å². The maximum Gasteiger partial charge on any atom is 0.259 e. The lowest BCUT2D eigenvalue weighted by atomic mass is 10.2. The van der Waals surface area contributed by atoms with Gasteiger partial charge in [-0.2, -0.15) is 5.10 Å². The molecular weight excluding hydrogens is 364 g/mol. The van der Waals surface area contributed by atoms with Crippen LogP contribution in [0.25, 0.3) is 11.0 Å². The number of nitrogens with one attached hydrogen (secondary N) is 1. The Labute approximate surface area is 168 Å². The van der Waals surface area contributed by atoms with E-state index in [1.807, 2.05) is 85.8 Å². The highest BCUT2D eigenvalue weighted by molar-refractivity contribution is 5.81. The number of hydrogen-bond acceptors (Lipinski definition) is 6. The number of rotatable bonds is 7. The Bertz CT molecular complexity index is 1130. The van der Waals surface area contributed by atoms with E-state index in [4.69, 9.17) is 9.47 Å². The molecule has 6 nitrogen and oxygen atoms in total. The van der Waals surface area contributed by atoms with E-state index >= 15 is 0 Å². The van der Waals surface area contributed by atoms with E-state index in [2.05, 4.69) is 20.5 Å². The number of aromatic nitrogens is 2. The zero-order chi connectivity index (χ0) is 19.9. The fourth-order valence-electron chi connectivity index (χ4n) is 2.74. The van der Waals surface area contributed by atoms with Gasteiger partial charge in [0.15, 0.2) is 0 Å². The smallest absolute Gasteiger partial charge is 0.259 e. The number of nitrogens with zero attached hydrogens (tertiary/aromatic N) is 3. The van der Waals surface area contributed by atoms with Crippen LogP contribution in [-0.4, -0.2) is 22.8 Å². The van der Waals surface area contributed by atoms with Crippen molar-refractivity contribution in [3.8, 4) is 17.4 Å². The lowest BCUT2D eigenvalue weighted by Crippen LogP contribution is -2.03. The number of para-hydroxylation sites is 3. The van der Waals surface area contributed by atoms with Crippen LogP contribution in [0.4, 0.5) is 5.82 Å². The lowest BCUT2D eigenvalue weighted by molar-refractivity contribution is 0.328. The fraction of sp³-hybridized carbons (Fsp3) is 0.0870. The molecule has 0 atom stereocenters. The summed E-state index contributed by atoms with van der Waals surface area (Å²) < 4.78 is 11.5.